The molecule has 1 nitrogen and oxygen atoms in total. The number of hydrogen-bond donors (Lipinski definition) is 1. The van der Waals surface area contributed by atoms with Crippen molar-refractivity contribution in [3.63, 3.8) is 0 Å². The Morgan fingerprint density at radius 3 is 2.60 bits per heavy atom. The number of halogens is 2. The van der Waals surface area contributed by atoms with E-state index in [4.69, 9.17) is 5.73 Å². The van der Waals surface area contributed by atoms with Crippen LogP contribution in [0.15, 0.2) is 30.9 Å². The molecule has 1 aromatic carbocycles. The molecule has 0 fully saturated rings. The number of hydrogen-bond acceptors (Lipinski definition) is 1. The molecule has 0 spiro atoms. The van der Waals surface area contributed by atoms with E-state index in [1.807, 2.05) is 6.92 Å². The third-order valence-electron chi connectivity index (χ3n) is 2.63. The van der Waals surface area contributed by atoms with Crippen LogP contribution in [-0.2, 0) is 5.41 Å². The molecule has 1 atom stereocenters. The minimum absolute atomic E-state index is 0.293. The molecule has 1 unspecified atom stereocenters. The second kappa shape index (κ2) is 4.53. The van der Waals surface area contributed by atoms with Crippen molar-refractivity contribution in [3.8, 4) is 0 Å². The van der Waals surface area contributed by atoms with Crippen LogP contribution in [0.3, 0.4) is 0 Å². The third-order valence-corrected chi connectivity index (χ3v) is 2.63. The summed E-state index contributed by atoms with van der Waals surface area (Å²) in [5.41, 5.74) is 5.55. The third kappa shape index (κ3) is 2.42. The van der Waals surface area contributed by atoms with Gasteiger partial charge in [-0.25, -0.2) is 8.78 Å². The molecule has 0 radical (unpaired) electrons. The van der Waals surface area contributed by atoms with E-state index in [9.17, 15) is 8.78 Å². The second-order valence-electron chi connectivity index (χ2n) is 3.88. The van der Waals surface area contributed by atoms with E-state index in [1.54, 1.807) is 6.08 Å². The molecule has 0 heterocycles. The first-order valence-electron chi connectivity index (χ1n) is 4.80. The van der Waals surface area contributed by atoms with Crippen LogP contribution >= 0.6 is 0 Å². The first-order valence-corrected chi connectivity index (χ1v) is 4.80. The van der Waals surface area contributed by atoms with Gasteiger partial charge in [0.2, 0.25) is 0 Å². The first kappa shape index (κ1) is 11.9. The van der Waals surface area contributed by atoms with Crippen LogP contribution in [0.5, 0.6) is 0 Å². The van der Waals surface area contributed by atoms with Crippen molar-refractivity contribution in [2.24, 2.45) is 5.73 Å². The maximum atomic E-state index is 13.5. The second-order valence-corrected chi connectivity index (χ2v) is 3.88. The van der Waals surface area contributed by atoms with Crippen LogP contribution in [0.25, 0.3) is 0 Å². The van der Waals surface area contributed by atoms with Crippen LogP contribution < -0.4 is 5.73 Å². The Morgan fingerprint density at radius 2 is 2.13 bits per heavy atom. The summed E-state index contributed by atoms with van der Waals surface area (Å²) in [5.74, 6) is -1.13. The number of benzene rings is 1. The summed E-state index contributed by atoms with van der Waals surface area (Å²) in [5, 5.41) is 0. The van der Waals surface area contributed by atoms with Crippen molar-refractivity contribution in [2.45, 2.75) is 18.8 Å². The van der Waals surface area contributed by atoms with Crippen LogP contribution in [0.1, 0.15) is 18.9 Å². The average molecular weight is 211 g/mol. The molecule has 1 aromatic rings. The fraction of sp³-hybridized carbons (Fsp3) is 0.333. The Kier molecular flexibility index (Phi) is 3.58. The molecule has 1 rings (SSSR count). The van der Waals surface area contributed by atoms with Gasteiger partial charge >= 0.3 is 0 Å². The summed E-state index contributed by atoms with van der Waals surface area (Å²) >= 11 is 0. The topological polar surface area (TPSA) is 26.0 Å². The Bertz CT molecular complexity index is 363. The van der Waals surface area contributed by atoms with E-state index >= 15 is 0 Å². The van der Waals surface area contributed by atoms with Gasteiger partial charge in [-0.2, -0.15) is 0 Å². The molecule has 0 saturated carbocycles. The predicted molar refractivity (Wildman–Crippen MR) is 57.6 cm³/mol. The van der Waals surface area contributed by atoms with Crippen LogP contribution in [0, 0.1) is 11.6 Å². The summed E-state index contributed by atoms with van der Waals surface area (Å²) in [7, 11) is 0. The molecule has 0 amide bonds. The predicted octanol–water partition coefficient (Wildman–Crippen LogP) is 2.76. The van der Waals surface area contributed by atoms with Gasteiger partial charge in [0.1, 0.15) is 11.6 Å². The molecule has 0 aliphatic carbocycles. The van der Waals surface area contributed by atoms with Crippen LogP contribution in [0.2, 0.25) is 0 Å². The molecule has 0 aliphatic rings. The van der Waals surface area contributed by atoms with Gasteiger partial charge in [-0.3, -0.25) is 0 Å². The van der Waals surface area contributed by atoms with Gasteiger partial charge in [0, 0.05) is 18.0 Å². The molecular weight excluding hydrogens is 196 g/mol. The number of rotatable bonds is 4. The first-order chi connectivity index (χ1) is 7.03. The fourth-order valence-electron chi connectivity index (χ4n) is 1.60. The van der Waals surface area contributed by atoms with E-state index in [-0.39, 0.29) is 0 Å². The van der Waals surface area contributed by atoms with Crippen molar-refractivity contribution >= 4 is 0 Å². The van der Waals surface area contributed by atoms with E-state index in [0.29, 0.717) is 18.5 Å². The highest BCUT2D eigenvalue weighted by molar-refractivity contribution is 5.28. The van der Waals surface area contributed by atoms with E-state index < -0.39 is 17.0 Å². The highest BCUT2D eigenvalue weighted by Crippen LogP contribution is 2.29. The van der Waals surface area contributed by atoms with Gasteiger partial charge in [0.15, 0.2) is 0 Å². The summed E-state index contributed by atoms with van der Waals surface area (Å²) in [4.78, 5) is 0. The lowest BCUT2D eigenvalue weighted by Gasteiger charge is -2.27. The van der Waals surface area contributed by atoms with Crippen LogP contribution in [0.4, 0.5) is 8.78 Å². The molecule has 3 heteroatoms. The molecule has 15 heavy (non-hydrogen) atoms. The lowest BCUT2D eigenvalue weighted by molar-refractivity contribution is 0.453. The van der Waals surface area contributed by atoms with Crippen molar-refractivity contribution in [2.75, 3.05) is 6.54 Å². The Morgan fingerprint density at radius 1 is 1.47 bits per heavy atom. The zero-order valence-electron chi connectivity index (χ0n) is 8.76. The standard InChI is InChI=1S/C12H15F2N/c1-3-6-12(2,8-15)10-5-4-9(13)7-11(10)14/h3-5,7H,1,6,8,15H2,2H3. The van der Waals surface area contributed by atoms with Gasteiger partial charge in [0.25, 0.3) is 0 Å². The van der Waals surface area contributed by atoms with E-state index in [2.05, 4.69) is 6.58 Å². The highest BCUT2D eigenvalue weighted by Gasteiger charge is 2.26. The Hall–Kier alpha value is -1.22. The molecule has 2 N–H and O–H groups in total. The zero-order chi connectivity index (χ0) is 11.5. The lowest BCUT2D eigenvalue weighted by Crippen LogP contribution is -2.32. The highest BCUT2D eigenvalue weighted by atomic mass is 19.1. The van der Waals surface area contributed by atoms with Crippen molar-refractivity contribution in [1.29, 1.82) is 0 Å². The molecule has 0 aromatic heterocycles. The quantitative estimate of drug-likeness (QED) is 0.761. The minimum atomic E-state index is -0.575. The van der Waals surface area contributed by atoms with Crippen molar-refractivity contribution in [3.05, 3.63) is 48.1 Å². The fourth-order valence-corrected chi connectivity index (χ4v) is 1.60. The lowest BCUT2D eigenvalue weighted by atomic mass is 9.79. The SMILES string of the molecule is C=CCC(C)(CN)c1ccc(F)cc1F. The van der Waals surface area contributed by atoms with Gasteiger partial charge in [0.05, 0.1) is 0 Å². The number of nitrogens with two attached hydrogens (primary N) is 1. The van der Waals surface area contributed by atoms with Gasteiger partial charge in [-0.15, -0.1) is 6.58 Å². The smallest absolute Gasteiger partial charge is 0.129 e. The van der Waals surface area contributed by atoms with Gasteiger partial charge in [-0.1, -0.05) is 19.1 Å². The molecular formula is C12H15F2N. The summed E-state index contributed by atoms with van der Waals surface area (Å²) in [6.45, 7) is 5.75. The van der Waals surface area contributed by atoms with Crippen molar-refractivity contribution < 1.29 is 8.78 Å². The molecule has 82 valence electrons. The molecule has 0 bridgehead atoms. The maximum Gasteiger partial charge on any atom is 0.129 e. The summed E-state index contributed by atoms with van der Waals surface area (Å²) in [6, 6.07) is 3.57. The molecule has 0 saturated heterocycles. The number of allylic oxidation sites excluding steroid dienone is 1. The summed E-state index contributed by atoms with van der Waals surface area (Å²) < 4.78 is 26.3. The largest absolute Gasteiger partial charge is 0.330 e. The minimum Gasteiger partial charge on any atom is -0.330 e. The zero-order valence-corrected chi connectivity index (χ0v) is 8.76. The van der Waals surface area contributed by atoms with Crippen molar-refractivity contribution in [1.82, 2.24) is 0 Å². The normalized spacial score (nSPS) is 14.7. The van der Waals surface area contributed by atoms with E-state index in [1.165, 1.54) is 12.1 Å². The Labute approximate surface area is 88.6 Å². The van der Waals surface area contributed by atoms with E-state index in [0.717, 1.165) is 6.07 Å². The monoisotopic (exact) mass is 211 g/mol. The van der Waals surface area contributed by atoms with Gasteiger partial charge in [-0.05, 0) is 18.1 Å². The Balaban J connectivity index is 3.17. The average Bonchev–Trinajstić information content (AvgIpc) is 2.17. The maximum absolute atomic E-state index is 13.5. The summed E-state index contributed by atoms with van der Waals surface area (Å²) in [6.07, 6.45) is 2.25. The molecule has 0 aliphatic heterocycles. The van der Waals surface area contributed by atoms with Crippen LogP contribution in [-0.4, -0.2) is 6.54 Å². The van der Waals surface area contributed by atoms with Gasteiger partial charge < -0.3 is 5.73 Å².